The molecule has 0 aliphatic carbocycles. The molecule has 0 fully saturated rings. The third-order valence-electron chi connectivity index (χ3n) is 1.64. The molecule has 5 heteroatoms. The first kappa shape index (κ1) is 10.2. The van der Waals surface area contributed by atoms with E-state index in [1.807, 2.05) is 47.7 Å². The van der Waals surface area contributed by atoms with E-state index < -0.39 is 0 Å². The van der Waals surface area contributed by atoms with Crippen molar-refractivity contribution in [2.45, 2.75) is 0 Å². The molecule has 0 saturated carbocycles. The number of hydrogen-bond donors (Lipinski definition) is 0. The Morgan fingerprint density at radius 3 is 2.54 bits per heavy atom. The summed E-state index contributed by atoms with van der Waals surface area (Å²) < 4.78 is 0.676. The van der Waals surface area contributed by atoms with E-state index in [4.69, 9.17) is 0 Å². The fraction of sp³-hybridized carbons (Fsp3) is 0.250. The lowest BCUT2D eigenvalue weighted by molar-refractivity contribution is -0.385. The van der Waals surface area contributed by atoms with Crippen molar-refractivity contribution in [2.75, 3.05) is 19.0 Å². The molecule has 1 aromatic rings. The summed E-state index contributed by atoms with van der Waals surface area (Å²) in [5, 5.41) is 10.6. The van der Waals surface area contributed by atoms with Crippen LogP contribution in [0.1, 0.15) is 0 Å². The van der Waals surface area contributed by atoms with Crippen LogP contribution in [0.5, 0.6) is 0 Å². The Labute approximate surface area is 89.8 Å². The molecule has 70 valence electrons. The van der Waals surface area contributed by atoms with Crippen LogP contribution in [0.4, 0.5) is 11.4 Å². The number of nitro groups is 1. The van der Waals surface area contributed by atoms with Gasteiger partial charge in [0.2, 0.25) is 0 Å². The van der Waals surface area contributed by atoms with Gasteiger partial charge in [0.05, 0.1) is 10.6 Å². The maximum Gasteiger partial charge on any atom is 0.284 e. The van der Waals surface area contributed by atoms with E-state index in [0.29, 0.717) is 3.57 Å². The molecule has 1 rings (SSSR count). The van der Waals surface area contributed by atoms with Crippen molar-refractivity contribution in [3.63, 3.8) is 0 Å². The van der Waals surface area contributed by atoms with Crippen LogP contribution in [0.15, 0.2) is 18.2 Å². The fourth-order valence-corrected chi connectivity index (χ4v) is 2.03. The molecule has 0 N–H and O–H groups in total. The minimum Gasteiger partial charge on any atom is -0.377 e. The molecule has 0 aliphatic rings. The maximum atomic E-state index is 10.6. The minimum atomic E-state index is -0.366. The maximum absolute atomic E-state index is 10.6. The molecule has 0 saturated heterocycles. The highest BCUT2D eigenvalue weighted by Crippen LogP contribution is 2.29. The Morgan fingerprint density at radius 1 is 1.46 bits per heavy atom. The normalized spacial score (nSPS) is 9.77. The molecule has 0 atom stereocenters. The highest BCUT2D eigenvalue weighted by molar-refractivity contribution is 14.1. The van der Waals surface area contributed by atoms with Gasteiger partial charge in [0.15, 0.2) is 0 Å². The standard InChI is InChI=1S/C8H9IN2O2/c1-10(2)6-4-3-5-7(8(6)9)11(12)13/h3-5H,1-2H3. The highest BCUT2D eigenvalue weighted by atomic mass is 127. The third kappa shape index (κ3) is 2.09. The molecule has 0 unspecified atom stereocenters. The van der Waals surface area contributed by atoms with E-state index in [1.54, 1.807) is 6.07 Å². The van der Waals surface area contributed by atoms with E-state index in [9.17, 15) is 10.1 Å². The minimum absolute atomic E-state index is 0.159. The molecule has 0 spiro atoms. The van der Waals surface area contributed by atoms with E-state index in [0.717, 1.165) is 5.69 Å². The zero-order chi connectivity index (χ0) is 10.0. The van der Waals surface area contributed by atoms with Crippen LogP contribution >= 0.6 is 22.6 Å². The van der Waals surface area contributed by atoms with E-state index in [-0.39, 0.29) is 10.6 Å². The summed E-state index contributed by atoms with van der Waals surface area (Å²) in [5.41, 5.74) is 1.03. The van der Waals surface area contributed by atoms with Gasteiger partial charge in [-0.25, -0.2) is 0 Å². The number of hydrogen-bond acceptors (Lipinski definition) is 3. The van der Waals surface area contributed by atoms with Gasteiger partial charge >= 0.3 is 0 Å². The quantitative estimate of drug-likeness (QED) is 0.477. The third-order valence-corrected chi connectivity index (χ3v) is 2.74. The first-order chi connectivity index (χ1) is 6.04. The summed E-state index contributed by atoms with van der Waals surface area (Å²) in [4.78, 5) is 12.1. The van der Waals surface area contributed by atoms with Crippen molar-refractivity contribution in [3.05, 3.63) is 31.9 Å². The molecular formula is C8H9IN2O2. The smallest absolute Gasteiger partial charge is 0.284 e. The van der Waals surface area contributed by atoms with E-state index >= 15 is 0 Å². The lowest BCUT2D eigenvalue weighted by Crippen LogP contribution is -2.10. The number of anilines is 1. The molecule has 4 nitrogen and oxygen atoms in total. The summed E-state index contributed by atoms with van der Waals surface area (Å²) in [6, 6.07) is 5.05. The Kier molecular flexibility index (Phi) is 3.07. The SMILES string of the molecule is CN(C)c1cccc([N+](=O)[O-])c1I. The van der Waals surface area contributed by atoms with Crippen LogP contribution in [0.3, 0.4) is 0 Å². The van der Waals surface area contributed by atoms with Gasteiger partial charge in [-0.05, 0) is 28.7 Å². The molecule has 0 bridgehead atoms. The Balaban J connectivity index is 3.26. The van der Waals surface area contributed by atoms with Crippen LogP contribution in [0, 0.1) is 13.7 Å². The summed E-state index contributed by atoms with van der Waals surface area (Å²) >= 11 is 1.99. The van der Waals surface area contributed by atoms with Crippen molar-refractivity contribution in [1.29, 1.82) is 0 Å². The van der Waals surface area contributed by atoms with E-state index in [1.165, 1.54) is 6.07 Å². The van der Waals surface area contributed by atoms with Crippen molar-refractivity contribution in [1.82, 2.24) is 0 Å². The van der Waals surface area contributed by atoms with Gasteiger partial charge in [0, 0.05) is 20.2 Å². The van der Waals surface area contributed by atoms with Gasteiger partial charge in [-0.15, -0.1) is 0 Å². The molecule has 0 radical (unpaired) electrons. The Bertz CT molecular complexity index is 339. The second kappa shape index (κ2) is 3.91. The van der Waals surface area contributed by atoms with Gasteiger partial charge in [-0.1, -0.05) is 6.07 Å². The van der Waals surface area contributed by atoms with Crippen molar-refractivity contribution in [3.8, 4) is 0 Å². The van der Waals surface area contributed by atoms with Gasteiger partial charge in [0.25, 0.3) is 5.69 Å². The molecule has 1 aromatic carbocycles. The molecule has 0 aliphatic heterocycles. The van der Waals surface area contributed by atoms with Crippen molar-refractivity contribution in [2.24, 2.45) is 0 Å². The number of rotatable bonds is 2. The topological polar surface area (TPSA) is 46.4 Å². The monoisotopic (exact) mass is 292 g/mol. The largest absolute Gasteiger partial charge is 0.377 e. The average Bonchev–Trinajstić information content (AvgIpc) is 2.03. The van der Waals surface area contributed by atoms with Crippen LogP contribution in [-0.4, -0.2) is 19.0 Å². The average molecular weight is 292 g/mol. The van der Waals surface area contributed by atoms with Crippen LogP contribution in [0.2, 0.25) is 0 Å². The number of benzene rings is 1. The van der Waals surface area contributed by atoms with Crippen LogP contribution < -0.4 is 4.90 Å². The first-order valence-corrected chi connectivity index (χ1v) is 4.72. The Morgan fingerprint density at radius 2 is 2.08 bits per heavy atom. The molecule has 13 heavy (non-hydrogen) atoms. The second-order valence-corrected chi connectivity index (χ2v) is 3.84. The van der Waals surface area contributed by atoms with Crippen molar-refractivity contribution >= 4 is 34.0 Å². The van der Waals surface area contributed by atoms with Gasteiger partial charge in [0.1, 0.15) is 3.57 Å². The number of halogens is 1. The van der Waals surface area contributed by atoms with Crippen molar-refractivity contribution < 1.29 is 4.92 Å². The number of nitrogens with zero attached hydrogens (tertiary/aromatic N) is 2. The molecule has 0 aromatic heterocycles. The zero-order valence-corrected chi connectivity index (χ0v) is 9.48. The van der Waals surface area contributed by atoms with Gasteiger partial charge < -0.3 is 4.90 Å². The Hall–Kier alpha value is -0.850. The molecular weight excluding hydrogens is 283 g/mol. The lowest BCUT2D eigenvalue weighted by atomic mass is 10.3. The summed E-state index contributed by atoms with van der Waals surface area (Å²) in [5.74, 6) is 0. The van der Waals surface area contributed by atoms with Gasteiger partial charge in [-0.3, -0.25) is 10.1 Å². The number of nitro benzene ring substituents is 1. The van der Waals surface area contributed by atoms with Crippen LogP contribution in [0.25, 0.3) is 0 Å². The van der Waals surface area contributed by atoms with Crippen LogP contribution in [-0.2, 0) is 0 Å². The summed E-state index contributed by atoms with van der Waals surface area (Å²) in [7, 11) is 3.72. The summed E-state index contributed by atoms with van der Waals surface area (Å²) in [6.45, 7) is 0. The predicted molar refractivity (Wildman–Crippen MR) is 60.1 cm³/mol. The molecule has 0 amide bonds. The highest BCUT2D eigenvalue weighted by Gasteiger charge is 2.15. The predicted octanol–water partition coefficient (Wildman–Crippen LogP) is 2.27. The van der Waals surface area contributed by atoms with E-state index in [2.05, 4.69) is 0 Å². The second-order valence-electron chi connectivity index (χ2n) is 2.76. The lowest BCUT2D eigenvalue weighted by Gasteiger charge is -2.13. The fourth-order valence-electron chi connectivity index (χ4n) is 0.994. The van der Waals surface area contributed by atoms with Gasteiger partial charge in [-0.2, -0.15) is 0 Å². The first-order valence-electron chi connectivity index (χ1n) is 3.64. The molecule has 0 heterocycles. The summed E-state index contributed by atoms with van der Waals surface area (Å²) in [6.07, 6.45) is 0. The zero-order valence-electron chi connectivity index (χ0n) is 7.32.